The van der Waals surface area contributed by atoms with Crippen molar-refractivity contribution in [3.05, 3.63) is 29.8 Å². The first-order chi connectivity index (χ1) is 12.1. The lowest BCUT2D eigenvalue weighted by molar-refractivity contribution is -0.118. The Balaban J connectivity index is 1.45. The summed E-state index contributed by atoms with van der Waals surface area (Å²) in [5, 5.41) is 14.4. The fraction of sp³-hybridized carbons (Fsp3) is 0.375. The van der Waals surface area contributed by atoms with Gasteiger partial charge in [0.05, 0.1) is 12.0 Å². The second-order valence-corrected chi connectivity index (χ2v) is 6.90. The highest BCUT2D eigenvalue weighted by atomic mass is 32.2. The second kappa shape index (κ2) is 8.02. The zero-order chi connectivity index (χ0) is 17.6. The average Bonchev–Trinajstić information content (AvgIpc) is 3.29. The highest BCUT2D eigenvalue weighted by Gasteiger charge is 2.23. The first-order valence-corrected chi connectivity index (χ1v) is 9.00. The Morgan fingerprint density at radius 1 is 1.40 bits per heavy atom. The summed E-state index contributed by atoms with van der Waals surface area (Å²) in [7, 11) is 4.00. The van der Waals surface area contributed by atoms with Crippen LogP contribution in [0.4, 0.5) is 11.6 Å². The quantitative estimate of drug-likeness (QED) is 0.377. The third-order valence-corrected chi connectivity index (χ3v) is 4.38. The van der Waals surface area contributed by atoms with E-state index in [-0.39, 0.29) is 5.91 Å². The van der Waals surface area contributed by atoms with Gasteiger partial charge in [-0.2, -0.15) is 10.1 Å². The smallest absolute Gasteiger partial charge is 0.240 e. The molecule has 25 heavy (non-hydrogen) atoms. The number of thioether (sulfide) groups is 1. The SMILES string of the molecule is CN(C)c1ccc(/C=N\Nc2nc(SCC(=O)NC3CC3)n[nH]2)cc1. The van der Waals surface area contributed by atoms with Crippen molar-refractivity contribution in [3.63, 3.8) is 0 Å². The molecule has 0 aliphatic heterocycles. The molecular formula is C16H21N7OS. The van der Waals surface area contributed by atoms with E-state index in [0.717, 1.165) is 24.1 Å². The molecule has 1 aliphatic rings. The van der Waals surface area contributed by atoms with Crippen molar-refractivity contribution >= 4 is 35.5 Å². The minimum Gasteiger partial charge on any atom is -0.378 e. The van der Waals surface area contributed by atoms with E-state index in [9.17, 15) is 4.79 Å². The van der Waals surface area contributed by atoms with Crippen molar-refractivity contribution in [2.75, 3.05) is 30.2 Å². The molecule has 1 heterocycles. The van der Waals surface area contributed by atoms with Crippen LogP contribution in [0.25, 0.3) is 0 Å². The molecule has 1 amide bonds. The lowest BCUT2D eigenvalue weighted by Gasteiger charge is -2.11. The number of aromatic amines is 1. The largest absolute Gasteiger partial charge is 0.378 e. The second-order valence-electron chi connectivity index (χ2n) is 5.95. The van der Waals surface area contributed by atoms with Gasteiger partial charge in [-0.15, -0.1) is 5.10 Å². The molecule has 0 saturated heterocycles. The molecule has 2 aromatic rings. The number of nitrogens with one attached hydrogen (secondary N) is 3. The Labute approximate surface area is 150 Å². The molecule has 3 N–H and O–H groups in total. The van der Waals surface area contributed by atoms with Gasteiger partial charge in [-0.05, 0) is 30.5 Å². The maximum Gasteiger partial charge on any atom is 0.240 e. The molecule has 1 aromatic heterocycles. The highest BCUT2D eigenvalue weighted by molar-refractivity contribution is 7.99. The summed E-state index contributed by atoms with van der Waals surface area (Å²) < 4.78 is 0. The van der Waals surface area contributed by atoms with Crippen molar-refractivity contribution in [1.82, 2.24) is 20.5 Å². The zero-order valence-corrected chi connectivity index (χ0v) is 15.0. The van der Waals surface area contributed by atoms with Crippen LogP contribution in [0.2, 0.25) is 0 Å². The third kappa shape index (κ3) is 5.49. The predicted octanol–water partition coefficient (Wildman–Crippen LogP) is 1.69. The molecule has 0 bridgehead atoms. The van der Waals surface area contributed by atoms with E-state index >= 15 is 0 Å². The van der Waals surface area contributed by atoms with Crippen LogP contribution in [-0.2, 0) is 4.79 Å². The van der Waals surface area contributed by atoms with E-state index in [1.807, 2.05) is 43.3 Å². The maximum absolute atomic E-state index is 11.6. The van der Waals surface area contributed by atoms with Gasteiger partial charge in [0, 0.05) is 25.8 Å². The van der Waals surface area contributed by atoms with Crippen LogP contribution in [0.1, 0.15) is 18.4 Å². The van der Waals surface area contributed by atoms with Gasteiger partial charge in [0.2, 0.25) is 17.0 Å². The number of carbonyl (C=O) groups excluding carboxylic acids is 1. The van der Waals surface area contributed by atoms with Crippen LogP contribution in [0.5, 0.6) is 0 Å². The number of rotatable bonds is 8. The van der Waals surface area contributed by atoms with Gasteiger partial charge < -0.3 is 10.2 Å². The Bertz CT molecular complexity index is 737. The maximum atomic E-state index is 11.6. The summed E-state index contributed by atoms with van der Waals surface area (Å²) in [6.07, 6.45) is 3.87. The normalized spacial score (nSPS) is 13.8. The lowest BCUT2D eigenvalue weighted by Crippen LogP contribution is -2.27. The van der Waals surface area contributed by atoms with Crippen molar-refractivity contribution in [2.45, 2.75) is 24.0 Å². The molecule has 0 spiro atoms. The average molecular weight is 359 g/mol. The summed E-state index contributed by atoms with van der Waals surface area (Å²) in [5.41, 5.74) is 4.90. The number of benzene rings is 1. The number of hydrogen-bond acceptors (Lipinski definition) is 7. The van der Waals surface area contributed by atoms with E-state index in [1.165, 1.54) is 11.8 Å². The number of amides is 1. The van der Waals surface area contributed by atoms with E-state index in [1.54, 1.807) is 6.21 Å². The van der Waals surface area contributed by atoms with E-state index in [0.29, 0.717) is 22.9 Å². The predicted molar refractivity (Wildman–Crippen MR) is 100 cm³/mol. The molecular weight excluding hydrogens is 338 g/mol. The van der Waals surface area contributed by atoms with Gasteiger partial charge in [0.15, 0.2) is 0 Å². The van der Waals surface area contributed by atoms with Crippen LogP contribution >= 0.6 is 11.8 Å². The summed E-state index contributed by atoms with van der Waals surface area (Å²) in [5.74, 6) is 0.771. The minimum atomic E-state index is 0.0194. The van der Waals surface area contributed by atoms with Gasteiger partial charge in [-0.25, -0.2) is 10.5 Å². The molecule has 1 saturated carbocycles. The molecule has 1 aliphatic carbocycles. The van der Waals surface area contributed by atoms with Crippen LogP contribution in [0.15, 0.2) is 34.5 Å². The van der Waals surface area contributed by atoms with E-state index < -0.39 is 0 Å². The van der Waals surface area contributed by atoms with Gasteiger partial charge in [0.25, 0.3) is 0 Å². The van der Waals surface area contributed by atoms with Gasteiger partial charge >= 0.3 is 0 Å². The number of H-pyrrole nitrogens is 1. The van der Waals surface area contributed by atoms with Crippen LogP contribution in [0.3, 0.4) is 0 Å². The third-order valence-electron chi connectivity index (χ3n) is 3.53. The fourth-order valence-electron chi connectivity index (χ4n) is 2.01. The first kappa shape index (κ1) is 17.3. The molecule has 0 unspecified atom stereocenters. The summed E-state index contributed by atoms with van der Waals surface area (Å²) in [6, 6.07) is 8.40. The minimum absolute atomic E-state index is 0.0194. The molecule has 0 atom stereocenters. The first-order valence-electron chi connectivity index (χ1n) is 8.01. The molecule has 132 valence electrons. The van der Waals surface area contributed by atoms with Crippen LogP contribution in [-0.4, -0.2) is 53.2 Å². The number of hydrogen-bond donors (Lipinski definition) is 3. The zero-order valence-electron chi connectivity index (χ0n) is 14.2. The monoisotopic (exact) mass is 359 g/mol. The van der Waals surface area contributed by atoms with Gasteiger partial charge in [0.1, 0.15) is 0 Å². The Kier molecular flexibility index (Phi) is 5.54. The van der Waals surface area contributed by atoms with Crippen LogP contribution in [0, 0.1) is 0 Å². The fourth-order valence-corrected chi connectivity index (χ4v) is 2.62. The molecule has 0 radical (unpaired) electrons. The molecule has 1 fully saturated rings. The van der Waals surface area contributed by atoms with Crippen molar-refractivity contribution < 1.29 is 4.79 Å². The van der Waals surface area contributed by atoms with Crippen LogP contribution < -0.4 is 15.6 Å². The summed E-state index contributed by atoms with van der Waals surface area (Å²) in [4.78, 5) is 17.9. The Morgan fingerprint density at radius 2 is 2.16 bits per heavy atom. The topological polar surface area (TPSA) is 98.3 Å². The van der Waals surface area contributed by atoms with Gasteiger partial charge in [-0.1, -0.05) is 23.9 Å². The van der Waals surface area contributed by atoms with Crippen molar-refractivity contribution in [2.24, 2.45) is 5.10 Å². The Hall–Kier alpha value is -2.55. The standard InChI is InChI=1S/C16H21N7OS/c1-23(2)13-7-3-11(4-8-13)9-17-20-15-19-16(22-21-15)25-10-14(24)18-12-5-6-12/h3-4,7-9,12H,5-6,10H2,1-2H3,(H,18,24)(H2,19,20,21,22)/b17-9-. The summed E-state index contributed by atoms with van der Waals surface area (Å²) in [6.45, 7) is 0. The summed E-state index contributed by atoms with van der Waals surface area (Å²) >= 11 is 1.29. The van der Waals surface area contributed by atoms with Gasteiger partial charge in [-0.3, -0.25) is 4.79 Å². The molecule has 9 heteroatoms. The molecule has 1 aromatic carbocycles. The van der Waals surface area contributed by atoms with Crippen molar-refractivity contribution in [3.8, 4) is 0 Å². The lowest BCUT2D eigenvalue weighted by atomic mass is 10.2. The van der Waals surface area contributed by atoms with Crippen molar-refractivity contribution in [1.29, 1.82) is 0 Å². The number of carbonyl (C=O) groups is 1. The Morgan fingerprint density at radius 3 is 2.84 bits per heavy atom. The molecule has 8 nitrogen and oxygen atoms in total. The number of hydrazone groups is 1. The van der Waals surface area contributed by atoms with E-state index in [4.69, 9.17) is 0 Å². The molecule has 3 rings (SSSR count). The number of anilines is 2. The van der Waals surface area contributed by atoms with E-state index in [2.05, 4.69) is 31.0 Å². The number of aromatic nitrogens is 3. The number of nitrogens with zero attached hydrogens (tertiary/aromatic N) is 4. The highest BCUT2D eigenvalue weighted by Crippen LogP contribution is 2.19.